The predicted octanol–water partition coefficient (Wildman–Crippen LogP) is 3.46. The van der Waals surface area contributed by atoms with Gasteiger partial charge in [-0.3, -0.25) is 0 Å². The van der Waals surface area contributed by atoms with E-state index < -0.39 is 36.4 Å². The van der Waals surface area contributed by atoms with Crippen LogP contribution >= 0.6 is 0 Å². The highest BCUT2D eigenvalue weighted by Crippen LogP contribution is 2.32. The van der Waals surface area contributed by atoms with Gasteiger partial charge in [-0.05, 0) is 37.1 Å². The third kappa shape index (κ3) is 5.24. The number of phenolic OH excluding ortho intramolecular Hbond substituents is 3. The van der Waals surface area contributed by atoms with E-state index in [9.17, 15) is 32.2 Å². The third-order valence-electron chi connectivity index (χ3n) is 4.70. The lowest BCUT2D eigenvalue weighted by Crippen LogP contribution is -2.37. The predicted molar refractivity (Wildman–Crippen MR) is 112 cm³/mol. The minimum Gasteiger partial charge on any atom is -0.508 e. The molecule has 0 aliphatic rings. The highest BCUT2D eigenvalue weighted by atomic mass is 32.3. The Labute approximate surface area is 177 Å². The van der Waals surface area contributed by atoms with Gasteiger partial charge >= 0.3 is 0 Å². The van der Waals surface area contributed by atoms with E-state index in [1.807, 2.05) is 6.92 Å². The van der Waals surface area contributed by atoms with E-state index in [4.69, 9.17) is 0 Å². The minimum atomic E-state index is -4.57. The molecule has 3 N–H and O–H groups in total. The van der Waals surface area contributed by atoms with Crippen LogP contribution in [0.5, 0.6) is 17.2 Å². The van der Waals surface area contributed by atoms with Crippen molar-refractivity contribution in [3.8, 4) is 17.2 Å². The second-order valence-corrected chi connectivity index (χ2v) is 11.0. The number of rotatable bonds is 10. The van der Waals surface area contributed by atoms with E-state index in [0.29, 0.717) is 22.1 Å². The fourth-order valence-corrected chi connectivity index (χ4v) is 6.62. The van der Waals surface area contributed by atoms with Crippen LogP contribution in [0.4, 0.5) is 0 Å². The van der Waals surface area contributed by atoms with E-state index in [1.54, 1.807) is 6.92 Å². The lowest BCUT2D eigenvalue weighted by Gasteiger charge is -2.22. The van der Waals surface area contributed by atoms with Gasteiger partial charge in [-0.2, -0.15) is 0 Å². The number of benzene rings is 2. The van der Waals surface area contributed by atoms with Crippen LogP contribution in [0.25, 0.3) is 0 Å². The maximum atomic E-state index is 13.2. The molecule has 0 amide bonds. The van der Waals surface area contributed by atoms with Crippen molar-refractivity contribution in [2.45, 2.75) is 55.7 Å². The van der Waals surface area contributed by atoms with Crippen molar-refractivity contribution in [1.82, 2.24) is 3.71 Å². The van der Waals surface area contributed by atoms with Crippen molar-refractivity contribution in [2.75, 3.05) is 6.54 Å². The van der Waals surface area contributed by atoms with Gasteiger partial charge < -0.3 is 15.3 Å². The highest BCUT2D eigenvalue weighted by molar-refractivity contribution is 8.04. The van der Waals surface area contributed by atoms with E-state index in [0.717, 1.165) is 43.5 Å². The molecule has 30 heavy (non-hydrogen) atoms. The Morgan fingerprint density at radius 2 is 1.27 bits per heavy atom. The molecule has 0 atom stereocenters. The van der Waals surface area contributed by atoms with Gasteiger partial charge in [0.15, 0.2) is 11.5 Å². The Hall–Kier alpha value is -2.30. The Morgan fingerprint density at radius 1 is 0.733 bits per heavy atom. The maximum absolute atomic E-state index is 13.2. The van der Waals surface area contributed by atoms with Gasteiger partial charge in [0.1, 0.15) is 5.75 Å². The first-order valence-corrected chi connectivity index (χ1v) is 12.5. The molecule has 0 bridgehead atoms. The third-order valence-corrected chi connectivity index (χ3v) is 9.02. The molecule has 0 aliphatic heterocycles. The number of sulfonamides is 2. The van der Waals surface area contributed by atoms with Gasteiger partial charge in [0.2, 0.25) is 0 Å². The fourth-order valence-electron chi connectivity index (χ4n) is 2.86. The number of phenols is 3. The average Bonchev–Trinajstić information content (AvgIpc) is 2.68. The number of aromatic hydroxyl groups is 3. The molecule has 0 saturated heterocycles. The molecule has 2 aromatic rings. The van der Waals surface area contributed by atoms with Crippen LogP contribution < -0.4 is 0 Å². The van der Waals surface area contributed by atoms with Crippen LogP contribution in [-0.2, 0) is 20.0 Å². The molecular weight excluding hydrogens is 430 g/mol. The lowest BCUT2D eigenvalue weighted by atomic mass is 10.2. The largest absolute Gasteiger partial charge is 0.508 e. The zero-order valence-corrected chi connectivity index (χ0v) is 18.6. The first-order valence-electron chi connectivity index (χ1n) is 9.61. The Kier molecular flexibility index (Phi) is 7.73. The van der Waals surface area contributed by atoms with Crippen LogP contribution in [0.3, 0.4) is 0 Å². The van der Waals surface area contributed by atoms with Crippen LogP contribution in [0.15, 0.2) is 46.2 Å². The normalized spacial score (nSPS) is 12.4. The molecule has 10 heteroatoms. The molecule has 2 rings (SSSR count). The molecule has 0 spiro atoms. The molecular formula is C20H27NO7S2. The van der Waals surface area contributed by atoms with Crippen LogP contribution in [0.2, 0.25) is 0 Å². The molecule has 0 saturated carbocycles. The molecule has 8 nitrogen and oxygen atoms in total. The SMILES string of the molecule is CCCCCCCN(S(=O)(=O)c1ccc(C)c(O)c1)S(=O)(=O)c1ccc(O)c(O)c1. The summed E-state index contributed by atoms with van der Waals surface area (Å²) >= 11 is 0. The van der Waals surface area contributed by atoms with Gasteiger partial charge in [0.05, 0.1) is 9.79 Å². The number of unbranched alkanes of at least 4 members (excludes halogenated alkanes) is 4. The Balaban J connectivity index is 2.50. The van der Waals surface area contributed by atoms with Gasteiger partial charge in [-0.1, -0.05) is 42.4 Å². The van der Waals surface area contributed by atoms with Gasteiger partial charge in [0.25, 0.3) is 20.0 Å². The standard InChI is InChI=1S/C20H27NO7S2/c1-3-4-5-6-7-12-21(29(25,26)16-9-8-15(2)19(23)13-16)30(27,28)17-10-11-18(22)20(24)14-17/h8-11,13-14,22-24H,3-7,12H2,1-2H3. The first kappa shape index (κ1) is 24.0. The van der Waals surface area contributed by atoms with E-state index >= 15 is 0 Å². The molecule has 2 aromatic carbocycles. The summed E-state index contributed by atoms with van der Waals surface area (Å²) in [4.78, 5) is -0.822. The van der Waals surface area contributed by atoms with Gasteiger partial charge in [0, 0.05) is 18.7 Å². The van der Waals surface area contributed by atoms with Crippen molar-refractivity contribution in [2.24, 2.45) is 0 Å². The topological polar surface area (TPSA) is 132 Å². The summed E-state index contributed by atoms with van der Waals surface area (Å²) in [5.74, 6) is -1.46. The lowest BCUT2D eigenvalue weighted by molar-refractivity contribution is 0.402. The Bertz CT molecular complexity index is 1010. The zero-order chi connectivity index (χ0) is 22.5. The highest BCUT2D eigenvalue weighted by Gasteiger charge is 2.36. The summed E-state index contributed by atoms with van der Waals surface area (Å²) in [7, 11) is -9.09. The quantitative estimate of drug-likeness (QED) is 0.368. The molecule has 0 fully saturated rings. The number of aryl methyl sites for hydroxylation is 1. The zero-order valence-electron chi connectivity index (χ0n) is 16.9. The average molecular weight is 458 g/mol. The number of nitrogens with zero attached hydrogens (tertiary/aromatic N) is 1. The fraction of sp³-hybridized carbons (Fsp3) is 0.400. The number of hydrogen-bond acceptors (Lipinski definition) is 7. The summed E-state index contributed by atoms with van der Waals surface area (Å²) in [6, 6.07) is 6.44. The molecule has 0 aliphatic carbocycles. The summed E-state index contributed by atoms with van der Waals surface area (Å²) < 4.78 is 53.2. The molecule has 0 heterocycles. The maximum Gasteiger partial charge on any atom is 0.256 e. The molecule has 0 radical (unpaired) electrons. The van der Waals surface area contributed by atoms with E-state index in [1.165, 1.54) is 12.1 Å². The summed E-state index contributed by atoms with van der Waals surface area (Å²) in [5.41, 5.74) is 0.450. The van der Waals surface area contributed by atoms with E-state index in [2.05, 4.69) is 0 Å². The van der Waals surface area contributed by atoms with Crippen molar-refractivity contribution in [1.29, 1.82) is 0 Å². The van der Waals surface area contributed by atoms with Crippen LogP contribution in [0.1, 0.15) is 44.6 Å². The van der Waals surface area contributed by atoms with Crippen molar-refractivity contribution < 1.29 is 32.2 Å². The van der Waals surface area contributed by atoms with Crippen LogP contribution in [-0.4, -0.2) is 42.4 Å². The second-order valence-electron chi connectivity index (χ2n) is 7.02. The van der Waals surface area contributed by atoms with Crippen molar-refractivity contribution in [3.63, 3.8) is 0 Å². The van der Waals surface area contributed by atoms with Crippen LogP contribution in [0, 0.1) is 6.92 Å². The first-order chi connectivity index (χ1) is 14.0. The summed E-state index contributed by atoms with van der Waals surface area (Å²) in [5, 5.41) is 29.1. The van der Waals surface area contributed by atoms with Crippen molar-refractivity contribution >= 4 is 20.0 Å². The van der Waals surface area contributed by atoms with Gasteiger partial charge in [-0.15, -0.1) is 0 Å². The second kappa shape index (κ2) is 9.67. The Morgan fingerprint density at radius 3 is 1.80 bits per heavy atom. The summed E-state index contributed by atoms with van der Waals surface area (Å²) in [6.07, 6.45) is 3.75. The molecule has 166 valence electrons. The van der Waals surface area contributed by atoms with Crippen molar-refractivity contribution in [3.05, 3.63) is 42.0 Å². The minimum absolute atomic E-state index is 0.265. The smallest absolute Gasteiger partial charge is 0.256 e. The number of hydrogen-bond donors (Lipinski definition) is 3. The molecule has 0 aromatic heterocycles. The van der Waals surface area contributed by atoms with Gasteiger partial charge in [-0.25, -0.2) is 16.8 Å². The summed E-state index contributed by atoms with van der Waals surface area (Å²) in [6.45, 7) is 3.33. The van der Waals surface area contributed by atoms with E-state index in [-0.39, 0.29) is 17.2 Å². The monoisotopic (exact) mass is 457 g/mol. The molecule has 0 unspecified atom stereocenters.